The molecule has 1 aliphatic carbocycles. The molecule has 2 rings (SSSR count). The van der Waals surface area contributed by atoms with Crippen LogP contribution in [0.25, 0.3) is 0 Å². The van der Waals surface area contributed by atoms with Gasteiger partial charge in [-0.15, -0.1) is 0 Å². The summed E-state index contributed by atoms with van der Waals surface area (Å²) in [6.45, 7) is 3.08. The van der Waals surface area contributed by atoms with Crippen LogP contribution in [0.1, 0.15) is 39.0 Å². The van der Waals surface area contributed by atoms with Crippen LogP contribution in [0, 0.1) is 22.7 Å². The van der Waals surface area contributed by atoms with Crippen molar-refractivity contribution in [2.45, 2.75) is 45.1 Å². The van der Waals surface area contributed by atoms with Crippen LogP contribution in [0.4, 0.5) is 0 Å². The van der Waals surface area contributed by atoms with Gasteiger partial charge in [0, 0.05) is 13.1 Å². The maximum atomic E-state index is 12.4. The molecule has 1 N–H and O–H groups in total. The fraction of sp³-hybridized carbons (Fsp3) is 0.846. The summed E-state index contributed by atoms with van der Waals surface area (Å²) < 4.78 is 0. The second kappa shape index (κ2) is 4.66. The number of nitrogens with zero attached hydrogens (tertiary/aromatic N) is 2. The Bertz CT molecular complexity index is 342. The molecule has 0 spiro atoms. The van der Waals surface area contributed by atoms with Crippen molar-refractivity contribution in [3.63, 3.8) is 0 Å². The van der Waals surface area contributed by atoms with Crippen molar-refractivity contribution in [3.05, 3.63) is 0 Å². The van der Waals surface area contributed by atoms with Gasteiger partial charge < -0.3 is 10.0 Å². The zero-order valence-electron chi connectivity index (χ0n) is 10.4. The molecule has 2 fully saturated rings. The van der Waals surface area contributed by atoms with Crippen LogP contribution in [0.2, 0.25) is 0 Å². The van der Waals surface area contributed by atoms with E-state index in [0.717, 1.165) is 19.3 Å². The van der Waals surface area contributed by atoms with Crippen molar-refractivity contribution in [2.75, 3.05) is 13.1 Å². The van der Waals surface area contributed by atoms with E-state index in [-0.39, 0.29) is 11.8 Å². The van der Waals surface area contributed by atoms with E-state index in [1.165, 1.54) is 0 Å². The van der Waals surface area contributed by atoms with Crippen LogP contribution in [0.15, 0.2) is 0 Å². The fourth-order valence-corrected chi connectivity index (χ4v) is 2.89. The van der Waals surface area contributed by atoms with E-state index >= 15 is 0 Å². The Morgan fingerprint density at radius 2 is 2.12 bits per heavy atom. The van der Waals surface area contributed by atoms with Gasteiger partial charge in [-0.1, -0.05) is 19.8 Å². The highest BCUT2D eigenvalue weighted by Gasteiger charge is 2.45. The predicted octanol–water partition coefficient (Wildman–Crippen LogP) is 1.30. The number of nitriles is 1. The molecule has 0 aromatic heterocycles. The number of aliphatic hydroxyl groups excluding tert-OH is 1. The third-order valence-electron chi connectivity index (χ3n) is 4.29. The van der Waals surface area contributed by atoms with Gasteiger partial charge >= 0.3 is 0 Å². The first-order chi connectivity index (χ1) is 8.09. The van der Waals surface area contributed by atoms with E-state index in [4.69, 9.17) is 0 Å². The van der Waals surface area contributed by atoms with Crippen molar-refractivity contribution in [3.8, 4) is 6.07 Å². The third-order valence-corrected chi connectivity index (χ3v) is 4.29. The van der Waals surface area contributed by atoms with Crippen LogP contribution in [0.5, 0.6) is 0 Å². The van der Waals surface area contributed by atoms with Gasteiger partial charge in [-0.3, -0.25) is 4.79 Å². The highest BCUT2D eigenvalue weighted by atomic mass is 16.3. The monoisotopic (exact) mass is 236 g/mol. The standard InChI is InChI=1S/C13H20N2O2/c1-10-4-7-15(8-11(10)16)12(17)13(9-14)5-2-3-6-13/h10-11,16H,2-8H2,1H3. The minimum absolute atomic E-state index is 0.0524. The first-order valence-corrected chi connectivity index (χ1v) is 6.48. The Morgan fingerprint density at radius 1 is 1.47 bits per heavy atom. The fourth-order valence-electron chi connectivity index (χ4n) is 2.89. The van der Waals surface area contributed by atoms with E-state index in [2.05, 4.69) is 6.07 Å². The molecular formula is C13H20N2O2. The summed E-state index contributed by atoms with van der Waals surface area (Å²) in [5, 5.41) is 19.1. The largest absolute Gasteiger partial charge is 0.391 e. The van der Waals surface area contributed by atoms with Gasteiger partial charge in [0.05, 0.1) is 12.2 Å². The third kappa shape index (κ3) is 2.16. The lowest BCUT2D eigenvalue weighted by Gasteiger charge is -2.37. The summed E-state index contributed by atoms with van der Waals surface area (Å²) >= 11 is 0. The van der Waals surface area contributed by atoms with Gasteiger partial charge in [0.2, 0.25) is 5.91 Å². The average molecular weight is 236 g/mol. The number of rotatable bonds is 1. The molecule has 1 saturated carbocycles. The molecule has 2 atom stereocenters. The van der Waals surface area contributed by atoms with Crippen molar-refractivity contribution in [1.82, 2.24) is 4.90 Å². The first kappa shape index (κ1) is 12.4. The van der Waals surface area contributed by atoms with Gasteiger partial charge in [0.1, 0.15) is 5.41 Å². The van der Waals surface area contributed by atoms with E-state index in [1.54, 1.807) is 4.90 Å². The van der Waals surface area contributed by atoms with Gasteiger partial charge in [-0.05, 0) is 25.2 Å². The number of carbonyl (C=O) groups excluding carboxylic acids is 1. The minimum Gasteiger partial charge on any atom is -0.391 e. The lowest BCUT2D eigenvalue weighted by atomic mass is 9.85. The molecule has 0 aromatic carbocycles. The van der Waals surface area contributed by atoms with E-state index in [9.17, 15) is 15.2 Å². The van der Waals surface area contributed by atoms with Crippen molar-refractivity contribution in [1.29, 1.82) is 5.26 Å². The maximum Gasteiger partial charge on any atom is 0.243 e. The molecule has 1 heterocycles. The second-order valence-corrected chi connectivity index (χ2v) is 5.49. The highest BCUT2D eigenvalue weighted by Crippen LogP contribution is 2.39. The molecule has 0 radical (unpaired) electrons. The van der Waals surface area contributed by atoms with Crippen LogP contribution < -0.4 is 0 Å². The molecule has 0 bridgehead atoms. The Morgan fingerprint density at radius 3 is 2.65 bits per heavy atom. The number of β-amino-alcohol motifs (C(OH)–C–C–N with tert-alkyl or cyclic N) is 1. The molecule has 2 aliphatic rings. The summed E-state index contributed by atoms with van der Waals surface area (Å²) in [6, 6.07) is 2.23. The maximum absolute atomic E-state index is 12.4. The van der Waals surface area contributed by atoms with Crippen molar-refractivity contribution < 1.29 is 9.90 Å². The second-order valence-electron chi connectivity index (χ2n) is 5.49. The lowest BCUT2D eigenvalue weighted by molar-refractivity contribution is -0.143. The number of hydrogen-bond acceptors (Lipinski definition) is 3. The lowest BCUT2D eigenvalue weighted by Crippen LogP contribution is -2.50. The van der Waals surface area contributed by atoms with Crippen LogP contribution in [-0.2, 0) is 4.79 Å². The molecule has 4 heteroatoms. The normalized spacial score (nSPS) is 32.2. The summed E-state index contributed by atoms with van der Waals surface area (Å²) in [5.74, 6) is 0.198. The quantitative estimate of drug-likeness (QED) is 0.746. The molecule has 1 saturated heterocycles. The Hall–Kier alpha value is -1.08. The molecular weight excluding hydrogens is 216 g/mol. The summed E-state index contributed by atoms with van der Waals surface area (Å²) in [6.07, 6.45) is 3.69. The number of amides is 1. The van der Waals surface area contributed by atoms with Crippen LogP contribution in [0.3, 0.4) is 0 Å². The zero-order valence-corrected chi connectivity index (χ0v) is 10.4. The number of hydrogen-bond donors (Lipinski definition) is 1. The summed E-state index contributed by atoms with van der Waals surface area (Å²) in [7, 11) is 0. The summed E-state index contributed by atoms with van der Waals surface area (Å²) in [5.41, 5.74) is -0.791. The Labute approximate surface area is 102 Å². The molecule has 0 aromatic rings. The van der Waals surface area contributed by atoms with Crippen LogP contribution in [-0.4, -0.2) is 35.1 Å². The molecule has 4 nitrogen and oxygen atoms in total. The van der Waals surface area contributed by atoms with Gasteiger partial charge in [0.25, 0.3) is 0 Å². The van der Waals surface area contributed by atoms with E-state index in [0.29, 0.717) is 25.9 Å². The average Bonchev–Trinajstić information content (AvgIpc) is 2.81. The van der Waals surface area contributed by atoms with Gasteiger partial charge in [-0.2, -0.15) is 5.26 Å². The topological polar surface area (TPSA) is 64.3 Å². The molecule has 17 heavy (non-hydrogen) atoms. The Kier molecular flexibility index (Phi) is 3.39. The first-order valence-electron chi connectivity index (χ1n) is 6.48. The van der Waals surface area contributed by atoms with E-state index < -0.39 is 11.5 Å². The highest BCUT2D eigenvalue weighted by molar-refractivity contribution is 5.86. The van der Waals surface area contributed by atoms with Crippen LogP contribution >= 0.6 is 0 Å². The van der Waals surface area contributed by atoms with Crippen molar-refractivity contribution >= 4 is 5.91 Å². The zero-order chi connectivity index (χ0) is 12.5. The number of likely N-dealkylation sites (tertiary alicyclic amines) is 1. The number of piperidine rings is 1. The molecule has 2 unspecified atom stereocenters. The predicted molar refractivity (Wildman–Crippen MR) is 62.9 cm³/mol. The number of carbonyl (C=O) groups is 1. The van der Waals surface area contributed by atoms with E-state index in [1.807, 2.05) is 6.92 Å². The summed E-state index contributed by atoms with van der Waals surface area (Å²) in [4.78, 5) is 14.1. The minimum atomic E-state index is -0.791. The van der Waals surface area contributed by atoms with Crippen molar-refractivity contribution in [2.24, 2.45) is 11.3 Å². The SMILES string of the molecule is CC1CCN(C(=O)C2(C#N)CCCC2)CC1O. The Balaban J connectivity index is 2.07. The molecule has 94 valence electrons. The smallest absolute Gasteiger partial charge is 0.243 e. The van der Waals surface area contributed by atoms with Gasteiger partial charge in [0.15, 0.2) is 0 Å². The molecule has 1 amide bonds. The van der Waals surface area contributed by atoms with Gasteiger partial charge in [-0.25, -0.2) is 0 Å². The number of aliphatic hydroxyl groups is 1. The molecule has 1 aliphatic heterocycles.